The van der Waals surface area contributed by atoms with Crippen molar-refractivity contribution in [3.05, 3.63) is 0 Å². The fraction of sp³-hybridized carbons (Fsp3) is 0.917. The van der Waals surface area contributed by atoms with E-state index in [1.807, 2.05) is 6.92 Å². The molecule has 1 aliphatic heterocycles. The number of hydrogen-bond donors (Lipinski definition) is 1. The molecule has 0 aromatic rings. The van der Waals surface area contributed by atoms with Crippen molar-refractivity contribution >= 4 is 5.97 Å². The molecule has 1 heterocycles. The van der Waals surface area contributed by atoms with Gasteiger partial charge in [-0.1, -0.05) is 12.8 Å². The number of rotatable bonds is 4. The molecule has 15 heavy (non-hydrogen) atoms. The molecule has 2 rings (SSSR count). The first-order chi connectivity index (χ1) is 7.21. The summed E-state index contributed by atoms with van der Waals surface area (Å²) in [6.07, 6.45) is 5.76. The Morgan fingerprint density at radius 3 is 2.93 bits per heavy atom. The van der Waals surface area contributed by atoms with Crippen LogP contribution in [0.1, 0.15) is 39.0 Å². The van der Waals surface area contributed by atoms with E-state index in [1.165, 1.54) is 12.8 Å². The number of piperidine rings is 1. The van der Waals surface area contributed by atoms with Crippen LogP contribution >= 0.6 is 0 Å². The molecular weight excluding hydrogens is 190 g/mol. The minimum Gasteiger partial charge on any atom is -0.465 e. The number of carbonyl (C=O) groups excluding carboxylic acids is 1. The quantitative estimate of drug-likeness (QED) is 0.720. The third kappa shape index (κ3) is 2.94. The largest absolute Gasteiger partial charge is 0.465 e. The molecule has 3 nitrogen and oxygen atoms in total. The van der Waals surface area contributed by atoms with Gasteiger partial charge in [-0.3, -0.25) is 4.79 Å². The normalized spacial score (nSPS) is 31.3. The number of nitrogens with one attached hydrogen (secondary N) is 1. The van der Waals surface area contributed by atoms with Crippen molar-refractivity contribution in [1.29, 1.82) is 0 Å². The lowest BCUT2D eigenvalue weighted by Gasteiger charge is -2.31. The van der Waals surface area contributed by atoms with Gasteiger partial charge in [0.1, 0.15) is 0 Å². The van der Waals surface area contributed by atoms with E-state index in [-0.39, 0.29) is 11.4 Å². The minimum atomic E-state index is -0.276. The van der Waals surface area contributed by atoms with Crippen LogP contribution in [0.25, 0.3) is 0 Å². The summed E-state index contributed by atoms with van der Waals surface area (Å²) in [5, 5.41) is 3.27. The Kier molecular flexibility index (Phi) is 3.29. The van der Waals surface area contributed by atoms with Crippen LogP contribution < -0.4 is 5.32 Å². The Morgan fingerprint density at radius 1 is 1.53 bits per heavy atom. The Balaban J connectivity index is 1.72. The van der Waals surface area contributed by atoms with Gasteiger partial charge in [0.2, 0.25) is 0 Å². The molecule has 1 unspecified atom stereocenters. The fourth-order valence-electron chi connectivity index (χ4n) is 2.13. The van der Waals surface area contributed by atoms with Crippen molar-refractivity contribution in [2.75, 3.05) is 19.7 Å². The maximum absolute atomic E-state index is 11.9. The lowest BCUT2D eigenvalue weighted by molar-refractivity contribution is -0.156. The molecule has 0 aromatic carbocycles. The van der Waals surface area contributed by atoms with E-state index in [0.717, 1.165) is 38.3 Å². The highest BCUT2D eigenvalue weighted by atomic mass is 16.5. The van der Waals surface area contributed by atoms with E-state index in [2.05, 4.69) is 5.32 Å². The van der Waals surface area contributed by atoms with Crippen LogP contribution in [0.5, 0.6) is 0 Å². The summed E-state index contributed by atoms with van der Waals surface area (Å²) in [5.74, 6) is 0.838. The summed E-state index contributed by atoms with van der Waals surface area (Å²) in [5.41, 5.74) is -0.276. The smallest absolute Gasteiger partial charge is 0.313 e. The Morgan fingerprint density at radius 2 is 2.33 bits per heavy atom. The zero-order valence-electron chi connectivity index (χ0n) is 9.55. The van der Waals surface area contributed by atoms with Crippen LogP contribution in [0.15, 0.2) is 0 Å². The Bertz CT molecular complexity index is 230. The van der Waals surface area contributed by atoms with E-state index >= 15 is 0 Å². The molecule has 2 fully saturated rings. The molecule has 1 N–H and O–H groups in total. The zero-order chi connectivity index (χ0) is 10.7. The third-order valence-electron chi connectivity index (χ3n) is 3.55. The van der Waals surface area contributed by atoms with Crippen LogP contribution in [0.2, 0.25) is 0 Å². The number of hydrogen-bond acceptors (Lipinski definition) is 3. The highest BCUT2D eigenvalue weighted by Crippen LogP contribution is 2.33. The monoisotopic (exact) mass is 211 g/mol. The molecule has 0 radical (unpaired) electrons. The lowest BCUT2D eigenvalue weighted by Crippen LogP contribution is -2.44. The Hall–Kier alpha value is -0.570. The number of ether oxygens (including phenoxy) is 1. The Labute approximate surface area is 91.6 Å². The van der Waals surface area contributed by atoms with Crippen molar-refractivity contribution in [3.63, 3.8) is 0 Å². The molecule has 0 spiro atoms. The summed E-state index contributed by atoms with van der Waals surface area (Å²) in [6.45, 7) is 4.44. The molecule has 1 saturated carbocycles. The van der Waals surface area contributed by atoms with Gasteiger partial charge >= 0.3 is 5.97 Å². The molecule has 0 aromatic heterocycles. The SMILES string of the molecule is CC1(C(=O)OCCC2CC2)CCCNC1. The molecule has 1 saturated heterocycles. The van der Waals surface area contributed by atoms with Gasteiger partial charge in [-0.15, -0.1) is 0 Å². The third-order valence-corrected chi connectivity index (χ3v) is 3.55. The first-order valence-electron chi connectivity index (χ1n) is 6.09. The van der Waals surface area contributed by atoms with E-state index in [4.69, 9.17) is 4.74 Å². The van der Waals surface area contributed by atoms with E-state index in [9.17, 15) is 4.79 Å². The average Bonchev–Trinajstić information content (AvgIpc) is 3.03. The second-order valence-electron chi connectivity index (χ2n) is 5.21. The molecule has 2 aliphatic rings. The predicted octanol–water partition coefficient (Wildman–Crippen LogP) is 1.72. The average molecular weight is 211 g/mol. The fourth-order valence-corrected chi connectivity index (χ4v) is 2.13. The predicted molar refractivity (Wildman–Crippen MR) is 58.5 cm³/mol. The second-order valence-corrected chi connectivity index (χ2v) is 5.21. The molecule has 86 valence electrons. The summed E-state index contributed by atoms with van der Waals surface area (Å²) in [6, 6.07) is 0. The van der Waals surface area contributed by atoms with Crippen molar-refractivity contribution in [1.82, 2.24) is 5.32 Å². The van der Waals surface area contributed by atoms with Gasteiger partial charge in [0.25, 0.3) is 0 Å². The van der Waals surface area contributed by atoms with Crippen LogP contribution in [0.3, 0.4) is 0 Å². The van der Waals surface area contributed by atoms with Gasteiger partial charge in [0, 0.05) is 6.54 Å². The first-order valence-corrected chi connectivity index (χ1v) is 6.09. The van der Waals surface area contributed by atoms with Gasteiger partial charge in [-0.2, -0.15) is 0 Å². The van der Waals surface area contributed by atoms with Crippen molar-refractivity contribution in [2.45, 2.75) is 39.0 Å². The summed E-state index contributed by atoms with van der Waals surface area (Å²) in [7, 11) is 0. The molecule has 0 bridgehead atoms. The van der Waals surface area contributed by atoms with Crippen LogP contribution in [0.4, 0.5) is 0 Å². The zero-order valence-corrected chi connectivity index (χ0v) is 9.55. The number of esters is 1. The molecule has 3 heteroatoms. The summed E-state index contributed by atoms with van der Waals surface area (Å²) < 4.78 is 5.36. The molecule has 1 atom stereocenters. The van der Waals surface area contributed by atoms with Crippen molar-refractivity contribution in [3.8, 4) is 0 Å². The van der Waals surface area contributed by atoms with E-state index in [1.54, 1.807) is 0 Å². The first kappa shape index (κ1) is 10.9. The van der Waals surface area contributed by atoms with Gasteiger partial charge < -0.3 is 10.1 Å². The molecule has 0 amide bonds. The molecular formula is C12H21NO2. The van der Waals surface area contributed by atoms with Gasteiger partial charge in [0.15, 0.2) is 0 Å². The number of carbonyl (C=O) groups is 1. The maximum atomic E-state index is 11.9. The van der Waals surface area contributed by atoms with Gasteiger partial charge in [0.05, 0.1) is 12.0 Å². The van der Waals surface area contributed by atoms with Crippen molar-refractivity contribution in [2.24, 2.45) is 11.3 Å². The van der Waals surface area contributed by atoms with Crippen LogP contribution in [-0.2, 0) is 9.53 Å². The lowest BCUT2D eigenvalue weighted by atomic mass is 9.83. The topological polar surface area (TPSA) is 38.3 Å². The minimum absolute atomic E-state index is 0.00431. The van der Waals surface area contributed by atoms with Gasteiger partial charge in [-0.05, 0) is 38.6 Å². The van der Waals surface area contributed by atoms with E-state index in [0.29, 0.717) is 6.61 Å². The van der Waals surface area contributed by atoms with E-state index < -0.39 is 0 Å². The van der Waals surface area contributed by atoms with Crippen molar-refractivity contribution < 1.29 is 9.53 Å². The maximum Gasteiger partial charge on any atom is 0.313 e. The van der Waals surface area contributed by atoms with Crippen LogP contribution in [-0.4, -0.2) is 25.7 Å². The summed E-state index contributed by atoms with van der Waals surface area (Å²) >= 11 is 0. The highest BCUT2D eigenvalue weighted by molar-refractivity contribution is 5.76. The van der Waals surface area contributed by atoms with Gasteiger partial charge in [-0.25, -0.2) is 0 Å². The standard InChI is InChI=1S/C12H21NO2/c1-12(6-2-7-13-9-12)11(14)15-8-5-10-3-4-10/h10,13H,2-9H2,1H3. The molecule has 1 aliphatic carbocycles. The second kappa shape index (κ2) is 4.52. The summed E-state index contributed by atoms with van der Waals surface area (Å²) in [4.78, 5) is 11.9. The van der Waals surface area contributed by atoms with Crippen LogP contribution in [0, 0.1) is 11.3 Å². The highest BCUT2D eigenvalue weighted by Gasteiger charge is 2.36.